The van der Waals surface area contributed by atoms with Crippen LogP contribution in [0, 0.1) is 0 Å². The van der Waals surface area contributed by atoms with Crippen molar-refractivity contribution in [2.24, 2.45) is 4.99 Å². The molecular weight excluding hydrogens is 144 g/mol. The number of hydrogen-bond donors (Lipinski definition) is 2. The molecule has 0 aromatic heterocycles. The van der Waals surface area contributed by atoms with Gasteiger partial charge in [0, 0.05) is 0 Å². The van der Waals surface area contributed by atoms with Crippen LogP contribution in [0.3, 0.4) is 0 Å². The van der Waals surface area contributed by atoms with Crippen LogP contribution in [-0.2, 0) is 4.79 Å². The van der Waals surface area contributed by atoms with E-state index in [0.29, 0.717) is 6.54 Å². The third kappa shape index (κ3) is 9.30. The number of unbranched alkanes of at least 4 members (excludes halogenated alkanes) is 2. The molecule has 0 aromatic rings. The van der Waals surface area contributed by atoms with Gasteiger partial charge >= 0.3 is 0 Å². The third-order valence-corrected chi connectivity index (χ3v) is 1.30. The standard InChI is InChI=1S/C7H14N2O2/c10-6-8-4-2-1-3-5-9-7-11/h8,10H,1-6H2. The Balaban J connectivity index is 2.84. The summed E-state index contributed by atoms with van der Waals surface area (Å²) in [6.07, 6.45) is 4.44. The Labute approximate surface area is 66.3 Å². The highest BCUT2D eigenvalue weighted by atomic mass is 16.3. The zero-order valence-corrected chi connectivity index (χ0v) is 6.55. The van der Waals surface area contributed by atoms with Gasteiger partial charge in [0.25, 0.3) is 0 Å². The van der Waals surface area contributed by atoms with E-state index in [4.69, 9.17) is 5.11 Å². The van der Waals surface area contributed by atoms with Gasteiger partial charge in [-0.1, -0.05) is 6.42 Å². The molecule has 0 heterocycles. The van der Waals surface area contributed by atoms with E-state index in [9.17, 15) is 4.79 Å². The summed E-state index contributed by atoms with van der Waals surface area (Å²) in [5, 5.41) is 11.1. The molecule has 0 aromatic carbocycles. The van der Waals surface area contributed by atoms with Gasteiger partial charge in [-0.2, -0.15) is 0 Å². The van der Waals surface area contributed by atoms with Crippen LogP contribution in [0.2, 0.25) is 0 Å². The van der Waals surface area contributed by atoms with Gasteiger partial charge in [-0.25, -0.2) is 9.79 Å². The van der Waals surface area contributed by atoms with Gasteiger partial charge in [0.1, 0.15) is 0 Å². The van der Waals surface area contributed by atoms with Crippen molar-refractivity contribution in [2.45, 2.75) is 19.3 Å². The summed E-state index contributed by atoms with van der Waals surface area (Å²) in [6, 6.07) is 0. The largest absolute Gasteiger partial charge is 0.381 e. The Morgan fingerprint density at radius 3 is 2.82 bits per heavy atom. The molecule has 4 heteroatoms. The molecule has 0 rings (SSSR count). The van der Waals surface area contributed by atoms with Crippen molar-refractivity contribution in [1.29, 1.82) is 0 Å². The molecule has 0 atom stereocenters. The first-order chi connectivity index (χ1) is 5.41. The van der Waals surface area contributed by atoms with Crippen LogP contribution < -0.4 is 5.32 Å². The molecule has 0 aliphatic rings. The van der Waals surface area contributed by atoms with Gasteiger partial charge < -0.3 is 5.11 Å². The van der Waals surface area contributed by atoms with Crippen molar-refractivity contribution >= 4 is 6.08 Å². The van der Waals surface area contributed by atoms with Gasteiger partial charge in [-0.3, -0.25) is 5.32 Å². The van der Waals surface area contributed by atoms with Crippen molar-refractivity contribution in [1.82, 2.24) is 5.32 Å². The highest BCUT2D eigenvalue weighted by Gasteiger charge is 1.86. The topological polar surface area (TPSA) is 61.7 Å². The van der Waals surface area contributed by atoms with Crippen LogP contribution in [-0.4, -0.2) is 31.0 Å². The molecule has 0 saturated heterocycles. The SMILES string of the molecule is O=C=NCCCCCNCO. The van der Waals surface area contributed by atoms with Crippen LogP contribution in [0.1, 0.15) is 19.3 Å². The fourth-order valence-electron chi connectivity index (χ4n) is 0.742. The average molecular weight is 158 g/mol. The van der Waals surface area contributed by atoms with E-state index in [1.165, 1.54) is 6.08 Å². The van der Waals surface area contributed by atoms with Gasteiger partial charge in [0.05, 0.1) is 13.3 Å². The molecule has 4 nitrogen and oxygen atoms in total. The fourth-order valence-corrected chi connectivity index (χ4v) is 0.742. The Hall–Kier alpha value is -0.700. The van der Waals surface area contributed by atoms with E-state index in [0.717, 1.165) is 25.8 Å². The Morgan fingerprint density at radius 2 is 2.18 bits per heavy atom. The summed E-state index contributed by atoms with van der Waals surface area (Å²) in [7, 11) is 0. The molecule has 0 radical (unpaired) electrons. The van der Waals surface area contributed by atoms with Crippen molar-refractivity contribution in [2.75, 3.05) is 19.8 Å². The number of rotatable bonds is 7. The van der Waals surface area contributed by atoms with Crippen molar-refractivity contribution in [3.63, 3.8) is 0 Å². The number of nitrogens with one attached hydrogen (secondary N) is 1. The first kappa shape index (κ1) is 10.3. The maximum absolute atomic E-state index is 9.60. The normalized spacial score (nSPS) is 9.18. The lowest BCUT2D eigenvalue weighted by atomic mass is 10.2. The lowest BCUT2D eigenvalue weighted by Crippen LogP contribution is -2.15. The van der Waals surface area contributed by atoms with E-state index in [1.807, 2.05) is 0 Å². The van der Waals surface area contributed by atoms with E-state index >= 15 is 0 Å². The minimum atomic E-state index is 0.0342. The van der Waals surface area contributed by atoms with Crippen LogP contribution in [0.5, 0.6) is 0 Å². The first-order valence-electron chi connectivity index (χ1n) is 3.77. The monoisotopic (exact) mass is 158 g/mol. The molecule has 0 amide bonds. The highest BCUT2D eigenvalue weighted by molar-refractivity contribution is 5.32. The average Bonchev–Trinajstić information content (AvgIpc) is 2.03. The number of carbonyl (C=O) groups excluding carboxylic acids is 1. The van der Waals surface area contributed by atoms with Crippen molar-refractivity contribution in [3.05, 3.63) is 0 Å². The molecule has 0 bridgehead atoms. The Bertz CT molecular complexity index is 122. The third-order valence-electron chi connectivity index (χ3n) is 1.30. The molecule has 0 aliphatic carbocycles. The maximum atomic E-state index is 9.60. The predicted molar refractivity (Wildman–Crippen MR) is 41.9 cm³/mol. The second-order valence-electron chi connectivity index (χ2n) is 2.19. The molecule has 64 valence electrons. The van der Waals surface area contributed by atoms with Crippen molar-refractivity contribution in [3.8, 4) is 0 Å². The summed E-state index contributed by atoms with van der Waals surface area (Å²) >= 11 is 0. The first-order valence-corrected chi connectivity index (χ1v) is 3.77. The number of aliphatic imine (C=N–C) groups is 1. The van der Waals surface area contributed by atoms with Crippen LogP contribution in [0.15, 0.2) is 4.99 Å². The van der Waals surface area contributed by atoms with Gasteiger partial charge in [0.15, 0.2) is 0 Å². The Morgan fingerprint density at radius 1 is 1.36 bits per heavy atom. The number of aliphatic hydroxyl groups is 1. The van der Waals surface area contributed by atoms with Crippen molar-refractivity contribution < 1.29 is 9.90 Å². The summed E-state index contributed by atoms with van der Waals surface area (Å²) in [6.45, 7) is 1.43. The zero-order chi connectivity index (χ0) is 8.36. The molecule has 2 N–H and O–H groups in total. The Kier molecular flexibility index (Phi) is 8.71. The molecule has 0 spiro atoms. The fraction of sp³-hybridized carbons (Fsp3) is 0.857. The second-order valence-corrected chi connectivity index (χ2v) is 2.19. The van der Waals surface area contributed by atoms with Crippen LogP contribution >= 0.6 is 0 Å². The minimum Gasteiger partial charge on any atom is -0.381 e. The maximum Gasteiger partial charge on any atom is 0.234 e. The van der Waals surface area contributed by atoms with Gasteiger partial charge in [-0.15, -0.1) is 0 Å². The lowest BCUT2D eigenvalue weighted by molar-refractivity contribution is 0.260. The molecule has 0 unspecified atom stereocenters. The lowest BCUT2D eigenvalue weighted by Gasteiger charge is -1.98. The molecule has 0 saturated carbocycles. The highest BCUT2D eigenvalue weighted by Crippen LogP contribution is 1.93. The van der Waals surface area contributed by atoms with Crippen LogP contribution in [0.4, 0.5) is 0 Å². The number of hydrogen-bond acceptors (Lipinski definition) is 4. The summed E-state index contributed by atoms with van der Waals surface area (Å²) in [5.74, 6) is 0. The summed E-state index contributed by atoms with van der Waals surface area (Å²) < 4.78 is 0. The summed E-state index contributed by atoms with van der Waals surface area (Å²) in [5.41, 5.74) is 0. The van der Waals surface area contributed by atoms with E-state index < -0.39 is 0 Å². The van der Waals surface area contributed by atoms with E-state index in [2.05, 4.69) is 10.3 Å². The second kappa shape index (κ2) is 9.30. The number of nitrogens with zero attached hydrogens (tertiary/aromatic N) is 1. The summed E-state index contributed by atoms with van der Waals surface area (Å²) in [4.78, 5) is 13.0. The minimum absolute atomic E-state index is 0.0342. The molecule has 0 aliphatic heterocycles. The predicted octanol–water partition coefficient (Wildman–Crippen LogP) is 0.0319. The van der Waals surface area contributed by atoms with Gasteiger partial charge in [0.2, 0.25) is 6.08 Å². The van der Waals surface area contributed by atoms with E-state index in [-0.39, 0.29) is 6.73 Å². The van der Waals surface area contributed by atoms with Gasteiger partial charge in [-0.05, 0) is 19.4 Å². The molecule has 11 heavy (non-hydrogen) atoms. The molecule has 0 fully saturated rings. The number of isocyanates is 1. The number of aliphatic hydroxyl groups excluding tert-OH is 1. The molecular formula is C7H14N2O2. The quantitative estimate of drug-likeness (QED) is 0.238. The van der Waals surface area contributed by atoms with Crippen LogP contribution in [0.25, 0.3) is 0 Å². The smallest absolute Gasteiger partial charge is 0.234 e. The zero-order valence-electron chi connectivity index (χ0n) is 6.55. The van der Waals surface area contributed by atoms with E-state index in [1.54, 1.807) is 0 Å².